The van der Waals surface area contributed by atoms with Crippen molar-refractivity contribution in [3.63, 3.8) is 0 Å². The van der Waals surface area contributed by atoms with Crippen LogP contribution in [0, 0.1) is 6.92 Å². The van der Waals surface area contributed by atoms with Crippen LogP contribution in [0.3, 0.4) is 0 Å². The van der Waals surface area contributed by atoms with Gasteiger partial charge in [0, 0.05) is 37.1 Å². The average molecular weight is 202 g/mol. The van der Waals surface area contributed by atoms with Crippen molar-refractivity contribution in [3.05, 3.63) is 42.4 Å². The second-order valence-electron chi connectivity index (χ2n) is 3.47. The van der Waals surface area contributed by atoms with Crippen LogP contribution in [-0.2, 0) is 6.54 Å². The molecule has 0 atom stereocenters. The summed E-state index contributed by atoms with van der Waals surface area (Å²) >= 11 is 0. The van der Waals surface area contributed by atoms with Gasteiger partial charge >= 0.3 is 0 Å². The highest BCUT2D eigenvalue weighted by Crippen LogP contribution is 2.04. The number of aryl methyl sites for hydroxylation is 1. The Labute approximate surface area is 88.6 Å². The fourth-order valence-electron chi connectivity index (χ4n) is 1.44. The Kier molecular flexibility index (Phi) is 2.78. The summed E-state index contributed by atoms with van der Waals surface area (Å²) in [5.41, 5.74) is 2.99. The first-order valence-electron chi connectivity index (χ1n) is 4.92. The van der Waals surface area contributed by atoms with Crippen LogP contribution in [0.15, 0.2) is 31.1 Å². The first-order chi connectivity index (χ1) is 7.29. The summed E-state index contributed by atoms with van der Waals surface area (Å²) in [6.07, 6.45) is 5.70. The summed E-state index contributed by atoms with van der Waals surface area (Å²) in [6.45, 7) is 7.20. The van der Waals surface area contributed by atoms with Gasteiger partial charge in [0.1, 0.15) is 0 Å². The zero-order valence-electron chi connectivity index (χ0n) is 8.77. The van der Waals surface area contributed by atoms with Crippen molar-refractivity contribution in [2.45, 2.75) is 13.5 Å². The molecule has 2 aromatic rings. The molecule has 0 amide bonds. The lowest BCUT2D eigenvalue weighted by atomic mass is 10.3. The Bertz CT molecular complexity index is 472. The molecule has 1 N–H and O–H groups in total. The number of hydrogen-bond donors (Lipinski definition) is 1. The molecule has 2 aromatic heterocycles. The van der Waals surface area contributed by atoms with Gasteiger partial charge < -0.3 is 5.32 Å². The van der Waals surface area contributed by atoms with Gasteiger partial charge in [0.2, 0.25) is 0 Å². The highest BCUT2D eigenvalue weighted by Gasteiger charge is 1.99. The van der Waals surface area contributed by atoms with Gasteiger partial charge in [-0.1, -0.05) is 6.08 Å². The van der Waals surface area contributed by atoms with Crippen LogP contribution in [-0.4, -0.2) is 21.1 Å². The topological polar surface area (TPSA) is 42.2 Å². The minimum absolute atomic E-state index is 0.786. The molecular formula is C11H14N4. The second kappa shape index (κ2) is 4.23. The normalized spacial score (nSPS) is 10.7. The summed E-state index contributed by atoms with van der Waals surface area (Å²) in [5.74, 6) is 0. The van der Waals surface area contributed by atoms with E-state index >= 15 is 0 Å². The molecule has 0 aliphatic rings. The third-order valence-corrected chi connectivity index (χ3v) is 2.11. The standard InChI is InChI=1S/C11H14N4/c1-3-4-12-6-10-7-13-11-5-9(2)14-15(11)8-10/h3,5,7-8,12H,1,4,6H2,2H3. The van der Waals surface area contributed by atoms with E-state index in [1.54, 1.807) is 4.52 Å². The summed E-state index contributed by atoms with van der Waals surface area (Å²) in [4.78, 5) is 4.32. The maximum Gasteiger partial charge on any atom is 0.155 e. The molecule has 0 unspecified atom stereocenters. The summed E-state index contributed by atoms with van der Waals surface area (Å²) in [7, 11) is 0. The van der Waals surface area contributed by atoms with Crippen molar-refractivity contribution in [1.29, 1.82) is 0 Å². The van der Waals surface area contributed by atoms with Crippen molar-refractivity contribution < 1.29 is 0 Å². The molecule has 0 aromatic carbocycles. The highest BCUT2D eigenvalue weighted by molar-refractivity contribution is 5.38. The van der Waals surface area contributed by atoms with Gasteiger partial charge in [-0.25, -0.2) is 9.50 Å². The largest absolute Gasteiger partial charge is 0.309 e. The smallest absolute Gasteiger partial charge is 0.155 e. The summed E-state index contributed by atoms with van der Waals surface area (Å²) in [5, 5.41) is 7.53. The highest BCUT2D eigenvalue weighted by atomic mass is 15.2. The molecule has 4 heteroatoms. The zero-order chi connectivity index (χ0) is 10.7. The molecule has 0 spiro atoms. The van der Waals surface area contributed by atoms with Crippen LogP contribution in [0.5, 0.6) is 0 Å². The molecule has 15 heavy (non-hydrogen) atoms. The number of rotatable bonds is 4. The maximum absolute atomic E-state index is 4.32. The van der Waals surface area contributed by atoms with Crippen molar-refractivity contribution in [1.82, 2.24) is 19.9 Å². The Morgan fingerprint density at radius 1 is 1.60 bits per heavy atom. The molecule has 2 heterocycles. The van der Waals surface area contributed by atoms with Crippen molar-refractivity contribution in [2.24, 2.45) is 0 Å². The van der Waals surface area contributed by atoms with E-state index in [0.29, 0.717) is 0 Å². The Balaban J connectivity index is 2.18. The fraction of sp³-hybridized carbons (Fsp3) is 0.273. The van der Waals surface area contributed by atoms with Crippen molar-refractivity contribution >= 4 is 5.65 Å². The molecule has 0 aliphatic heterocycles. The molecule has 0 radical (unpaired) electrons. The Morgan fingerprint density at radius 2 is 2.47 bits per heavy atom. The predicted molar refractivity (Wildman–Crippen MR) is 59.6 cm³/mol. The first-order valence-corrected chi connectivity index (χ1v) is 4.92. The lowest BCUT2D eigenvalue weighted by molar-refractivity contribution is 0.746. The Morgan fingerprint density at radius 3 is 3.27 bits per heavy atom. The van der Waals surface area contributed by atoms with Crippen LogP contribution in [0.1, 0.15) is 11.3 Å². The van der Waals surface area contributed by atoms with Crippen LogP contribution in [0.25, 0.3) is 5.65 Å². The fourth-order valence-corrected chi connectivity index (χ4v) is 1.44. The third kappa shape index (κ3) is 2.22. The van der Waals surface area contributed by atoms with Gasteiger partial charge in [-0.3, -0.25) is 0 Å². The third-order valence-electron chi connectivity index (χ3n) is 2.11. The van der Waals surface area contributed by atoms with E-state index in [9.17, 15) is 0 Å². The molecular weight excluding hydrogens is 188 g/mol. The summed E-state index contributed by atoms with van der Waals surface area (Å²) < 4.78 is 1.81. The SMILES string of the molecule is C=CCNCc1cnc2cc(C)nn2c1. The van der Waals surface area contributed by atoms with E-state index in [-0.39, 0.29) is 0 Å². The van der Waals surface area contributed by atoms with E-state index < -0.39 is 0 Å². The lowest BCUT2D eigenvalue weighted by Crippen LogP contribution is -2.13. The number of fused-ring (bicyclic) bond motifs is 1. The van der Waals surface area contributed by atoms with Crippen molar-refractivity contribution in [3.8, 4) is 0 Å². The molecule has 0 bridgehead atoms. The molecule has 2 rings (SSSR count). The quantitative estimate of drug-likeness (QED) is 0.600. The van der Waals surface area contributed by atoms with E-state index in [4.69, 9.17) is 0 Å². The predicted octanol–water partition coefficient (Wildman–Crippen LogP) is 1.31. The molecule has 0 aliphatic carbocycles. The van der Waals surface area contributed by atoms with Gasteiger partial charge in [-0.2, -0.15) is 5.10 Å². The van der Waals surface area contributed by atoms with E-state index in [2.05, 4.69) is 22.0 Å². The first kappa shape index (κ1) is 9.86. The number of aromatic nitrogens is 3. The number of nitrogens with one attached hydrogen (secondary N) is 1. The molecule has 4 nitrogen and oxygen atoms in total. The number of nitrogens with zero attached hydrogens (tertiary/aromatic N) is 3. The molecule has 0 fully saturated rings. The van der Waals surface area contributed by atoms with Crippen LogP contribution in [0.4, 0.5) is 0 Å². The minimum Gasteiger partial charge on any atom is -0.309 e. The Hall–Kier alpha value is -1.68. The number of hydrogen-bond acceptors (Lipinski definition) is 3. The molecule has 78 valence electrons. The van der Waals surface area contributed by atoms with Gasteiger partial charge in [0.15, 0.2) is 5.65 Å². The summed E-state index contributed by atoms with van der Waals surface area (Å²) in [6, 6.07) is 1.96. The van der Waals surface area contributed by atoms with Gasteiger partial charge in [-0.15, -0.1) is 6.58 Å². The second-order valence-corrected chi connectivity index (χ2v) is 3.47. The van der Waals surface area contributed by atoms with Crippen molar-refractivity contribution in [2.75, 3.05) is 6.54 Å². The molecule has 0 saturated heterocycles. The zero-order valence-corrected chi connectivity index (χ0v) is 8.77. The van der Waals surface area contributed by atoms with Crippen LogP contribution >= 0.6 is 0 Å². The van der Waals surface area contributed by atoms with Gasteiger partial charge in [0.05, 0.1) is 5.69 Å². The minimum atomic E-state index is 0.786. The lowest BCUT2D eigenvalue weighted by Gasteiger charge is -2.01. The maximum atomic E-state index is 4.32. The van der Waals surface area contributed by atoms with E-state index in [0.717, 1.165) is 30.0 Å². The van der Waals surface area contributed by atoms with E-state index in [1.807, 2.05) is 31.5 Å². The van der Waals surface area contributed by atoms with Gasteiger partial charge in [-0.05, 0) is 6.92 Å². The average Bonchev–Trinajstić information content (AvgIpc) is 2.57. The van der Waals surface area contributed by atoms with Crippen LogP contribution < -0.4 is 5.32 Å². The van der Waals surface area contributed by atoms with E-state index in [1.165, 1.54) is 0 Å². The molecule has 0 saturated carbocycles. The monoisotopic (exact) mass is 202 g/mol. The van der Waals surface area contributed by atoms with Gasteiger partial charge in [0.25, 0.3) is 0 Å². The van der Waals surface area contributed by atoms with Crippen LogP contribution in [0.2, 0.25) is 0 Å².